The van der Waals surface area contributed by atoms with Gasteiger partial charge in [0.05, 0.1) is 5.51 Å². The molecule has 0 amide bonds. The average molecular weight is 301 g/mol. The third kappa shape index (κ3) is 3.35. The maximum atomic E-state index is 13.6. The fraction of sp³-hybridized carbons (Fsp3) is 0.182. The number of benzene rings is 1. The van der Waals surface area contributed by atoms with E-state index in [0.717, 1.165) is 10.9 Å². The van der Waals surface area contributed by atoms with E-state index in [9.17, 15) is 12.8 Å². The first kappa shape index (κ1) is 14.1. The Morgan fingerprint density at radius 2 is 2.21 bits per heavy atom. The van der Waals surface area contributed by atoms with Crippen LogP contribution in [0.15, 0.2) is 34.8 Å². The molecule has 2 rings (SSSR count). The van der Waals surface area contributed by atoms with Crippen LogP contribution in [0, 0.1) is 5.82 Å². The van der Waals surface area contributed by atoms with E-state index in [0.29, 0.717) is 5.56 Å². The quantitative estimate of drug-likeness (QED) is 0.869. The van der Waals surface area contributed by atoms with Gasteiger partial charge in [0.15, 0.2) is 0 Å². The van der Waals surface area contributed by atoms with Crippen LogP contribution in [0.2, 0.25) is 0 Å². The number of aromatic nitrogens is 1. The van der Waals surface area contributed by atoms with Gasteiger partial charge in [-0.2, -0.15) is 0 Å². The Bertz CT molecular complexity index is 657. The molecular formula is C11H12FN3O2S2. The van der Waals surface area contributed by atoms with Crippen LogP contribution >= 0.6 is 11.3 Å². The zero-order valence-corrected chi connectivity index (χ0v) is 11.5. The van der Waals surface area contributed by atoms with Crippen LogP contribution in [-0.4, -0.2) is 13.4 Å². The molecule has 8 heteroatoms. The van der Waals surface area contributed by atoms with Crippen LogP contribution in [-0.2, 0) is 23.1 Å². The number of nitrogens with two attached hydrogens (primary N) is 1. The molecule has 1 heterocycles. The fourth-order valence-electron chi connectivity index (χ4n) is 1.45. The molecule has 0 aliphatic heterocycles. The summed E-state index contributed by atoms with van der Waals surface area (Å²) in [6.07, 6.45) is 1.56. The van der Waals surface area contributed by atoms with Crippen LogP contribution in [0.1, 0.15) is 10.4 Å². The number of hydrogen-bond acceptors (Lipinski definition) is 5. The molecule has 0 aliphatic carbocycles. The van der Waals surface area contributed by atoms with Gasteiger partial charge in [-0.05, 0) is 17.7 Å². The van der Waals surface area contributed by atoms with Gasteiger partial charge in [-0.1, -0.05) is 6.07 Å². The number of nitrogens with one attached hydrogen (secondary N) is 1. The Morgan fingerprint density at radius 1 is 1.42 bits per heavy atom. The van der Waals surface area contributed by atoms with Gasteiger partial charge in [-0.25, -0.2) is 17.5 Å². The van der Waals surface area contributed by atoms with Crippen LogP contribution < -0.4 is 10.5 Å². The molecule has 0 saturated carbocycles. The van der Waals surface area contributed by atoms with Crippen LogP contribution in [0.25, 0.3) is 0 Å². The second-order valence-electron chi connectivity index (χ2n) is 3.76. The largest absolute Gasteiger partial charge is 0.326 e. The molecule has 0 saturated heterocycles. The molecule has 0 spiro atoms. The van der Waals surface area contributed by atoms with Crippen molar-refractivity contribution in [3.8, 4) is 0 Å². The van der Waals surface area contributed by atoms with Crippen molar-refractivity contribution in [2.75, 3.05) is 0 Å². The van der Waals surface area contributed by atoms with E-state index in [1.54, 1.807) is 11.7 Å². The summed E-state index contributed by atoms with van der Waals surface area (Å²) in [7, 11) is -3.90. The molecule has 0 radical (unpaired) electrons. The predicted octanol–water partition coefficient (Wildman–Crippen LogP) is 1.22. The highest BCUT2D eigenvalue weighted by Crippen LogP contribution is 2.17. The molecule has 0 fully saturated rings. The molecule has 0 unspecified atom stereocenters. The third-order valence-electron chi connectivity index (χ3n) is 2.44. The first-order valence-electron chi connectivity index (χ1n) is 5.38. The van der Waals surface area contributed by atoms with Gasteiger partial charge in [-0.15, -0.1) is 11.3 Å². The van der Waals surface area contributed by atoms with E-state index in [-0.39, 0.29) is 18.0 Å². The van der Waals surface area contributed by atoms with E-state index in [1.807, 2.05) is 0 Å². The lowest BCUT2D eigenvalue weighted by Gasteiger charge is -2.08. The normalized spacial score (nSPS) is 11.7. The Kier molecular flexibility index (Phi) is 4.25. The maximum absolute atomic E-state index is 13.6. The summed E-state index contributed by atoms with van der Waals surface area (Å²) in [6, 6.07) is 3.80. The third-order valence-corrected chi connectivity index (χ3v) is 4.64. The molecular weight excluding hydrogens is 289 g/mol. The van der Waals surface area contributed by atoms with Gasteiger partial charge in [-0.3, -0.25) is 4.98 Å². The minimum Gasteiger partial charge on any atom is -0.326 e. The van der Waals surface area contributed by atoms with E-state index in [4.69, 9.17) is 5.73 Å². The molecule has 2 aromatic rings. The van der Waals surface area contributed by atoms with Crippen molar-refractivity contribution in [1.82, 2.24) is 9.71 Å². The highest BCUT2D eigenvalue weighted by molar-refractivity contribution is 7.89. The van der Waals surface area contributed by atoms with Crippen molar-refractivity contribution in [2.24, 2.45) is 5.73 Å². The number of rotatable bonds is 5. The molecule has 0 bridgehead atoms. The number of sulfonamides is 1. The summed E-state index contributed by atoms with van der Waals surface area (Å²) < 4.78 is 39.9. The topological polar surface area (TPSA) is 85.1 Å². The maximum Gasteiger partial charge on any atom is 0.243 e. The number of nitrogens with zero attached hydrogens (tertiary/aromatic N) is 1. The van der Waals surface area contributed by atoms with Gasteiger partial charge in [0.25, 0.3) is 0 Å². The highest BCUT2D eigenvalue weighted by atomic mass is 32.2. The van der Waals surface area contributed by atoms with Gasteiger partial charge < -0.3 is 5.73 Å². The summed E-state index contributed by atoms with van der Waals surface area (Å²) in [6.45, 7) is 0.233. The molecule has 102 valence electrons. The van der Waals surface area contributed by atoms with Crippen LogP contribution in [0.5, 0.6) is 0 Å². The van der Waals surface area contributed by atoms with Crippen LogP contribution in [0.3, 0.4) is 0 Å². The van der Waals surface area contributed by atoms with Gasteiger partial charge in [0.1, 0.15) is 10.7 Å². The predicted molar refractivity (Wildman–Crippen MR) is 70.4 cm³/mol. The van der Waals surface area contributed by atoms with Crippen molar-refractivity contribution < 1.29 is 12.8 Å². The van der Waals surface area contributed by atoms with Crippen molar-refractivity contribution in [3.63, 3.8) is 0 Å². The second-order valence-corrected chi connectivity index (χ2v) is 6.47. The summed E-state index contributed by atoms with van der Waals surface area (Å²) >= 11 is 1.32. The average Bonchev–Trinajstić information content (AvgIpc) is 2.90. The highest BCUT2D eigenvalue weighted by Gasteiger charge is 2.19. The van der Waals surface area contributed by atoms with E-state index in [2.05, 4.69) is 9.71 Å². The molecule has 0 atom stereocenters. The van der Waals surface area contributed by atoms with E-state index >= 15 is 0 Å². The van der Waals surface area contributed by atoms with Crippen molar-refractivity contribution in [2.45, 2.75) is 18.0 Å². The summed E-state index contributed by atoms with van der Waals surface area (Å²) in [4.78, 5) is 4.19. The Labute approximate surface area is 114 Å². The Morgan fingerprint density at radius 3 is 2.84 bits per heavy atom. The number of thiazole rings is 1. The van der Waals surface area contributed by atoms with Gasteiger partial charge in [0.2, 0.25) is 10.0 Å². The summed E-state index contributed by atoms with van der Waals surface area (Å²) in [5.74, 6) is -0.797. The number of hydrogen-bond donors (Lipinski definition) is 2. The van der Waals surface area contributed by atoms with E-state index in [1.165, 1.54) is 23.5 Å². The molecule has 3 N–H and O–H groups in total. The van der Waals surface area contributed by atoms with Gasteiger partial charge in [0, 0.05) is 24.2 Å². The molecule has 1 aromatic heterocycles. The monoisotopic (exact) mass is 301 g/mol. The summed E-state index contributed by atoms with van der Waals surface area (Å²) in [5, 5.41) is 0. The second kappa shape index (κ2) is 5.74. The Hall–Kier alpha value is -1.35. The zero-order chi connectivity index (χ0) is 13.9. The minimum absolute atomic E-state index is 0.0826. The standard InChI is InChI=1S/C11H12FN3O2S2/c12-10-2-1-8(4-13)3-11(10)19(16,17)15-6-9-5-14-7-18-9/h1-3,5,7,15H,4,6,13H2. The van der Waals surface area contributed by atoms with Crippen molar-refractivity contribution >= 4 is 21.4 Å². The molecule has 1 aromatic carbocycles. The first-order chi connectivity index (χ1) is 9.03. The smallest absolute Gasteiger partial charge is 0.243 e. The molecule has 19 heavy (non-hydrogen) atoms. The van der Waals surface area contributed by atoms with Crippen molar-refractivity contribution in [1.29, 1.82) is 0 Å². The first-order valence-corrected chi connectivity index (χ1v) is 7.75. The minimum atomic E-state index is -3.90. The summed E-state index contributed by atoms with van der Waals surface area (Å²) in [5.41, 5.74) is 7.57. The SMILES string of the molecule is NCc1ccc(F)c(S(=O)(=O)NCc2cncs2)c1. The van der Waals surface area contributed by atoms with Gasteiger partial charge >= 0.3 is 0 Å². The van der Waals surface area contributed by atoms with Crippen molar-refractivity contribution in [3.05, 3.63) is 46.2 Å². The molecule has 5 nitrogen and oxygen atoms in total. The zero-order valence-electron chi connectivity index (χ0n) is 9.84. The van der Waals surface area contributed by atoms with Crippen LogP contribution in [0.4, 0.5) is 4.39 Å². The molecule has 0 aliphatic rings. The lowest BCUT2D eigenvalue weighted by atomic mass is 10.2. The Balaban J connectivity index is 2.23. The lowest BCUT2D eigenvalue weighted by molar-refractivity contribution is 0.556. The fourth-order valence-corrected chi connectivity index (χ4v) is 3.21. The van der Waals surface area contributed by atoms with E-state index < -0.39 is 15.8 Å². The lowest BCUT2D eigenvalue weighted by Crippen LogP contribution is -2.24. The number of halogens is 1.